The topological polar surface area (TPSA) is 69.2 Å². The Morgan fingerprint density at radius 2 is 2.14 bits per heavy atom. The van der Waals surface area contributed by atoms with Crippen LogP contribution in [0.15, 0.2) is 36.7 Å². The fourth-order valence-electron chi connectivity index (χ4n) is 1.85. The van der Waals surface area contributed by atoms with Crippen LogP contribution >= 0.6 is 0 Å². The maximum atomic E-state index is 12.3. The van der Waals surface area contributed by atoms with Crippen molar-refractivity contribution in [2.24, 2.45) is 0 Å². The lowest BCUT2D eigenvalue weighted by molar-refractivity contribution is 0.0785. The average molecular weight is 283 g/mol. The zero-order valence-electron chi connectivity index (χ0n) is 11.8. The molecule has 108 valence electrons. The Bertz CT molecular complexity index is 636. The minimum Gasteiger partial charge on any atom is -0.395 e. The summed E-state index contributed by atoms with van der Waals surface area (Å²) in [5, 5.41) is 15.3. The first kappa shape index (κ1) is 14.8. The molecule has 2 rings (SSSR count). The Labute approximate surface area is 123 Å². The first-order chi connectivity index (χ1) is 10.2. The molecule has 5 heteroatoms. The van der Waals surface area contributed by atoms with Gasteiger partial charge in [0.15, 0.2) is 0 Å². The van der Waals surface area contributed by atoms with Crippen LogP contribution < -0.4 is 0 Å². The second-order valence-electron chi connectivity index (χ2n) is 4.62. The van der Waals surface area contributed by atoms with Crippen LogP contribution in [-0.4, -0.2) is 39.8 Å². The van der Waals surface area contributed by atoms with E-state index >= 15 is 0 Å². The lowest BCUT2D eigenvalue weighted by Gasteiger charge is -2.16. The summed E-state index contributed by atoms with van der Waals surface area (Å²) in [5.41, 5.74) is 2.41. The van der Waals surface area contributed by atoms with Gasteiger partial charge in [0.25, 0.3) is 5.91 Å². The van der Waals surface area contributed by atoms with Crippen molar-refractivity contribution < 1.29 is 9.90 Å². The molecule has 1 heterocycles. The highest BCUT2D eigenvalue weighted by molar-refractivity contribution is 5.94. The second kappa shape index (κ2) is 7.27. The number of hydrogen-bond acceptors (Lipinski definition) is 3. The summed E-state index contributed by atoms with van der Waals surface area (Å²) in [6.07, 6.45) is 3.92. The molecule has 0 aliphatic heterocycles. The van der Waals surface area contributed by atoms with Crippen molar-refractivity contribution in [2.75, 3.05) is 13.7 Å². The molecule has 0 atom stereocenters. The number of hydrogen-bond donors (Lipinski definition) is 2. The molecule has 0 bridgehead atoms. The molecule has 0 radical (unpaired) electrons. The second-order valence-corrected chi connectivity index (χ2v) is 4.62. The van der Waals surface area contributed by atoms with E-state index < -0.39 is 0 Å². The van der Waals surface area contributed by atoms with Crippen molar-refractivity contribution in [3.05, 3.63) is 53.3 Å². The van der Waals surface area contributed by atoms with E-state index in [2.05, 4.69) is 22.0 Å². The highest BCUT2D eigenvalue weighted by atomic mass is 16.2. The zero-order chi connectivity index (χ0) is 15.1. The van der Waals surface area contributed by atoms with E-state index in [1.54, 1.807) is 36.5 Å². The molecule has 1 aromatic carbocycles. The number of benzene rings is 1. The summed E-state index contributed by atoms with van der Waals surface area (Å²) < 4.78 is 0. The lowest BCUT2D eigenvalue weighted by atomic mass is 10.1. The number of nitrogens with zero attached hydrogens (tertiary/aromatic N) is 2. The van der Waals surface area contributed by atoms with Gasteiger partial charge in [0.2, 0.25) is 0 Å². The number of aliphatic hydroxyl groups excluding tert-OH is 1. The summed E-state index contributed by atoms with van der Waals surface area (Å²) in [5.74, 6) is 5.73. The molecule has 0 saturated heterocycles. The van der Waals surface area contributed by atoms with Gasteiger partial charge in [-0.3, -0.25) is 9.89 Å². The number of amides is 1. The highest BCUT2D eigenvalue weighted by Crippen LogP contribution is 2.09. The normalized spacial score (nSPS) is 9.81. The predicted octanol–water partition coefficient (Wildman–Crippen LogP) is 1.42. The Kier molecular flexibility index (Phi) is 5.13. The Morgan fingerprint density at radius 3 is 2.76 bits per heavy atom. The van der Waals surface area contributed by atoms with E-state index in [9.17, 15) is 4.79 Å². The molecule has 0 aliphatic rings. The third-order valence-electron chi connectivity index (χ3n) is 2.92. The van der Waals surface area contributed by atoms with Crippen LogP contribution in [0.5, 0.6) is 0 Å². The molecule has 2 N–H and O–H groups in total. The standard InChI is InChI=1S/C16H17N3O2/c1-19(12-14-10-17-18-11-14)16(21)15-7-5-13(6-8-15)4-2-3-9-20/h5-8,10-11,20H,3,9,12H2,1H3,(H,17,18). The highest BCUT2D eigenvalue weighted by Gasteiger charge is 2.12. The quantitative estimate of drug-likeness (QED) is 0.834. The van der Waals surface area contributed by atoms with Crippen LogP contribution in [0.3, 0.4) is 0 Å². The van der Waals surface area contributed by atoms with Crippen LogP contribution in [0.25, 0.3) is 0 Å². The van der Waals surface area contributed by atoms with Crippen LogP contribution in [-0.2, 0) is 6.54 Å². The Morgan fingerprint density at radius 1 is 1.38 bits per heavy atom. The average Bonchev–Trinajstić information content (AvgIpc) is 3.00. The molecule has 0 saturated carbocycles. The van der Waals surface area contributed by atoms with Gasteiger partial charge in [-0.15, -0.1) is 0 Å². The third-order valence-corrected chi connectivity index (χ3v) is 2.92. The first-order valence-corrected chi connectivity index (χ1v) is 6.63. The molecule has 0 spiro atoms. The molecule has 0 fully saturated rings. The minimum atomic E-state index is -0.0499. The SMILES string of the molecule is CN(Cc1cn[nH]c1)C(=O)c1ccc(C#CCCO)cc1. The van der Waals surface area contributed by atoms with E-state index in [0.717, 1.165) is 11.1 Å². The molecule has 0 aliphatic carbocycles. The van der Waals surface area contributed by atoms with Crippen molar-refractivity contribution in [1.29, 1.82) is 0 Å². The zero-order valence-corrected chi connectivity index (χ0v) is 11.8. The number of aliphatic hydroxyl groups is 1. The van der Waals surface area contributed by atoms with Gasteiger partial charge in [0.05, 0.1) is 12.8 Å². The number of aromatic nitrogens is 2. The molecule has 5 nitrogen and oxygen atoms in total. The Balaban J connectivity index is 2.01. The van der Waals surface area contributed by atoms with Crippen LogP contribution in [0, 0.1) is 11.8 Å². The van der Waals surface area contributed by atoms with E-state index in [4.69, 9.17) is 5.11 Å². The first-order valence-electron chi connectivity index (χ1n) is 6.63. The summed E-state index contributed by atoms with van der Waals surface area (Å²) in [6, 6.07) is 7.14. The maximum Gasteiger partial charge on any atom is 0.253 e. The van der Waals surface area contributed by atoms with Gasteiger partial charge in [0.1, 0.15) is 0 Å². The fraction of sp³-hybridized carbons (Fsp3) is 0.250. The molecular formula is C16H17N3O2. The molecule has 1 aromatic heterocycles. The number of aromatic amines is 1. The van der Waals surface area contributed by atoms with E-state index in [1.165, 1.54) is 0 Å². The number of H-pyrrole nitrogens is 1. The molecule has 21 heavy (non-hydrogen) atoms. The van der Waals surface area contributed by atoms with Gasteiger partial charge in [-0.2, -0.15) is 5.10 Å². The third kappa shape index (κ3) is 4.20. The van der Waals surface area contributed by atoms with Crippen LogP contribution in [0.2, 0.25) is 0 Å². The summed E-state index contributed by atoms with van der Waals surface area (Å²) >= 11 is 0. The van der Waals surface area contributed by atoms with Gasteiger partial charge in [0, 0.05) is 42.9 Å². The van der Waals surface area contributed by atoms with Crippen LogP contribution in [0.4, 0.5) is 0 Å². The van der Waals surface area contributed by atoms with Gasteiger partial charge in [-0.05, 0) is 24.3 Å². The van der Waals surface area contributed by atoms with Crippen molar-refractivity contribution in [3.8, 4) is 11.8 Å². The summed E-state index contributed by atoms with van der Waals surface area (Å²) in [7, 11) is 1.75. The number of carbonyl (C=O) groups is 1. The maximum absolute atomic E-state index is 12.3. The largest absolute Gasteiger partial charge is 0.395 e. The summed E-state index contributed by atoms with van der Waals surface area (Å²) in [4.78, 5) is 13.9. The van der Waals surface area contributed by atoms with Crippen molar-refractivity contribution in [3.63, 3.8) is 0 Å². The molecular weight excluding hydrogens is 266 g/mol. The van der Waals surface area contributed by atoms with Gasteiger partial charge in [-0.1, -0.05) is 11.8 Å². The minimum absolute atomic E-state index is 0.0499. The van der Waals surface area contributed by atoms with E-state index in [0.29, 0.717) is 18.5 Å². The molecule has 0 unspecified atom stereocenters. The molecule has 2 aromatic rings. The lowest BCUT2D eigenvalue weighted by Crippen LogP contribution is -2.25. The van der Waals surface area contributed by atoms with E-state index in [-0.39, 0.29) is 12.5 Å². The number of carbonyl (C=O) groups excluding carboxylic acids is 1. The fourth-order valence-corrected chi connectivity index (χ4v) is 1.85. The molecule has 1 amide bonds. The monoisotopic (exact) mass is 283 g/mol. The van der Waals surface area contributed by atoms with Crippen molar-refractivity contribution >= 4 is 5.91 Å². The van der Waals surface area contributed by atoms with Gasteiger partial charge < -0.3 is 10.0 Å². The summed E-state index contributed by atoms with van der Waals surface area (Å²) in [6.45, 7) is 0.565. The van der Waals surface area contributed by atoms with Gasteiger partial charge in [-0.25, -0.2) is 0 Å². The predicted molar refractivity (Wildman–Crippen MR) is 79.4 cm³/mol. The van der Waals surface area contributed by atoms with E-state index in [1.807, 2.05) is 12.1 Å². The number of nitrogens with one attached hydrogen (secondary N) is 1. The Hall–Kier alpha value is -2.58. The smallest absolute Gasteiger partial charge is 0.253 e. The van der Waals surface area contributed by atoms with Crippen LogP contribution in [0.1, 0.15) is 27.9 Å². The number of rotatable bonds is 4. The van der Waals surface area contributed by atoms with Gasteiger partial charge >= 0.3 is 0 Å². The van der Waals surface area contributed by atoms with Crippen molar-refractivity contribution in [1.82, 2.24) is 15.1 Å². The van der Waals surface area contributed by atoms with Crippen molar-refractivity contribution in [2.45, 2.75) is 13.0 Å².